The molecule has 1 aliphatic heterocycles. The molecule has 0 aliphatic carbocycles. The van der Waals surface area contributed by atoms with E-state index in [0.717, 1.165) is 29.1 Å². The van der Waals surface area contributed by atoms with Crippen molar-refractivity contribution in [1.82, 2.24) is 15.0 Å². The Morgan fingerprint density at radius 1 is 1.05 bits per heavy atom. The van der Waals surface area contributed by atoms with Gasteiger partial charge < -0.3 is 9.64 Å². The minimum Gasteiger partial charge on any atom is -0.372 e. The van der Waals surface area contributed by atoms with Crippen LogP contribution in [0, 0.1) is 0 Å². The van der Waals surface area contributed by atoms with E-state index in [0.29, 0.717) is 0 Å². The summed E-state index contributed by atoms with van der Waals surface area (Å²) in [6, 6.07) is 7.77. The molecule has 6 heteroatoms. The second kappa shape index (κ2) is 6.41. The van der Waals surface area contributed by atoms with Gasteiger partial charge in [-0.25, -0.2) is 15.0 Å². The maximum Gasteiger partial charge on any atom is 0.226 e. The molecule has 0 bridgehead atoms. The van der Waals surface area contributed by atoms with E-state index >= 15 is 0 Å². The van der Waals surface area contributed by atoms with E-state index in [2.05, 4.69) is 33.7 Å². The molecular weight excluding hydrogens is 284 g/mol. The maximum absolute atomic E-state index is 5.75. The number of ether oxygens (including phenoxy) is 1. The first-order chi connectivity index (χ1) is 10.2. The SMILES string of the molecule is CC1CN(c2nccc(Sc3ccccn3)n2)CC(C)O1. The normalized spacial score (nSPS) is 22.3. The predicted octanol–water partition coefficient (Wildman–Crippen LogP) is 2.64. The van der Waals surface area contributed by atoms with Crippen molar-refractivity contribution in [2.45, 2.75) is 36.1 Å². The van der Waals surface area contributed by atoms with Gasteiger partial charge in [-0.3, -0.25) is 0 Å². The van der Waals surface area contributed by atoms with Gasteiger partial charge in [0.15, 0.2) is 0 Å². The van der Waals surface area contributed by atoms with Crippen LogP contribution in [0.15, 0.2) is 46.7 Å². The molecule has 2 unspecified atom stereocenters. The fourth-order valence-corrected chi connectivity index (χ4v) is 3.13. The number of aromatic nitrogens is 3. The van der Waals surface area contributed by atoms with Gasteiger partial charge in [0, 0.05) is 25.5 Å². The molecule has 0 saturated carbocycles. The zero-order valence-corrected chi connectivity index (χ0v) is 13.0. The van der Waals surface area contributed by atoms with E-state index in [1.807, 2.05) is 24.3 Å². The number of morpholine rings is 1. The Hall–Kier alpha value is -1.66. The van der Waals surface area contributed by atoms with E-state index in [4.69, 9.17) is 4.74 Å². The van der Waals surface area contributed by atoms with E-state index < -0.39 is 0 Å². The molecule has 5 nitrogen and oxygen atoms in total. The van der Waals surface area contributed by atoms with Crippen molar-refractivity contribution in [2.24, 2.45) is 0 Å². The van der Waals surface area contributed by atoms with Crippen LogP contribution >= 0.6 is 11.8 Å². The third kappa shape index (κ3) is 3.71. The molecule has 2 aromatic heterocycles. The summed E-state index contributed by atoms with van der Waals surface area (Å²) < 4.78 is 5.75. The maximum atomic E-state index is 5.75. The number of hydrogen-bond donors (Lipinski definition) is 0. The number of nitrogens with zero attached hydrogens (tertiary/aromatic N) is 4. The van der Waals surface area contributed by atoms with Crippen LogP contribution in [0.1, 0.15) is 13.8 Å². The highest BCUT2D eigenvalue weighted by atomic mass is 32.2. The zero-order chi connectivity index (χ0) is 14.7. The third-order valence-electron chi connectivity index (χ3n) is 3.17. The number of rotatable bonds is 3. The average Bonchev–Trinajstić information content (AvgIpc) is 2.47. The molecule has 3 heterocycles. The van der Waals surface area contributed by atoms with E-state index in [9.17, 15) is 0 Å². The lowest BCUT2D eigenvalue weighted by Gasteiger charge is -2.35. The first-order valence-corrected chi connectivity index (χ1v) is 7.84. The Morgan fingerprint density at radius 3 is 2.57 bits per heavy atom. The Morgan fingerprint density at radius 2 is 1.86 bits per heavy atom. The van der Waals surface area contributed by atoms with Gasteiger partial charge in [-0.05, 0) is 43.8 Å². The van der Waals surface area contributed by atoms with Gasteiger partial charge in [-0.2, -0.15) is 0 Å². The highest BCUT2D eigenvalue weighted by Crippen LogP contribution is 2.25. The number of anilines is 1. The summed E-state index contributed by atoms with van der Waals surface area (Å²) in [6.07, 6.45) is 3.99. The zero-order valence-electron chi connectivity index (χ0n) is 12.1. The summed E-state index contributed by atoms with van der Waals surface area (Å²) >= 11 is 1.55. The van der Waals surface area contributed by atoms with Crippen molar-refractivity contribution < 1.29 is 4.74 Å². The number of pyridine rings is 1. The van der Waals surface area contributed by atoms with Crippen molar-refractivity contribution in [3.8, 4) is 0 Å². The Labute approximate surface area is 128 Å². The molecule has 2 aromatic rings. The Bertz CT molecular complexity index is 585. The summed E-state index contributed by atoms with van der Waals surface area (Å²) in [5.74, 6) is 0.762. The molecule has 0 N–H and O–H groups in total. The molecule has 0 amide bonds. The third-order valence-corrected chi connectivity index (χ3v) is 4.05. The fraction of sp³-hybridized carbons (Fsp3) is 0.400. The van der Waals surface area contributed by atoms with Crippen LogP contribution in [-0.4, -0.2) is 40.2 Å². The van der Waals surface area contributed by atoms with Crippen molar-refractivity contribution in [1.29, 1.82) is 0 Å². The van der Waals surface area contributed by atoms with Crippen molar-refractivity contribution >= 4 is 17.7 Å². The largest absolute Gasteiger partial charge is 0.372 e. The molecule has 0 spiro atoms. The molecule has 1 aliphatic rings. The molecule has 0 aromatic carbocycles. The number of hydrogen-bond acceptors (Lipinski definition) is 6. The molecule has 1 saturated heterocycles. The molecule has 21 heavy (non-hydrogen) atoms. The van der Waals surface area contributed by atoms with Crippen molar-refractivity contribution in [2.75, 3.05) is 18.0 Å². The van der Waals surface area contributed by atoms with Gasteiger partial charge in [-0.15, -0.1) is 0 Å². The Balaban J connectivity index is 1.77. The van der Waals surface area contributed by atoms with E-state index in [1.54, 1.807) is 24.2 Å². The first-order valence-electron chi connectivity index (χ1n) is 7.03. The first kappa shape index (κ1) is 14.3. The summed E-state index contributed by atoms with van der Waals surface area (Å²) in [7, 11) is 0. The summed E-state index contributed by atoms with van der Waals surface area (Å²) in [5.41, 5.74) is 0. The van der Waals surface area contributed by atoms with Crippen LogP contribution in [0.4, 0.5) is 5.95 Å². The fourth-order valence-electron chi connectivity index (χ4n) is 2.40. The van der Waals surface area contributed by atoms with Gasteiger partial charge in [-0.1, -0.05) is 6.07 Å². The predicted molar refractivity (Wildman–Crippen MR) is 82.6 cm³/mol. The van der Waals surface area contributed by atoms with Gasteiger partial charge in [0.05, 0.1) is 12.2 Å². The van der Waals surface area contributed by atoms with Crippen molar-refractivity contribution in [3.05, 3.63) is 36.7 Å². The van der Waals surface area contributed by atoms with Crippen LogP contribution in [0.2, 0.25) is 0 Å². The van der Waals surface area contributed by atoms with Crippen LogP contribution in [-0.2, 0) is 4.74 Å². The smallest absolute Gasteiger partial charge is 0.226 e. The summed E-state index contributed by atoms with van der Waals surface area (Å²) in [4.78, 5) is 15.5. The molecule has 0 radical (unpaired) electrons. The second-order valence-electron chi connectivity index (χ2n) is 5.13. The minimum atomic E-state index is 0.199. The molecule has 2 atom stereocenters. The van der Waals surface area contributed by atoms with Crippen molar-refractivity contribution in [3.63, 3.8) is 0 Å². The van der Waals surface area contributed by atoms with Crippen LogP contribution in [0.25, 0.3) is 0 Å². The van der Waals surface area contributed by atoms with Gasteiger partial charge in [0.1, 0.15) is 10.1 Å². The second-order valence-corrected chi connectivity index (χ2v) is 6.17. The molecule has 1 fully saturated rings. The minimum absolute atomic E-state index is 0.199. The molecular formula is C15H18N4OS. The van der Waals surface area contributed by atoms with E-state index in [-0.39, 0.29) is 12.2 Å². The van der Waals surface area contributed by atoms with Gasteiger partial charge in [0.2, 0.25) is 5.95 Å². The van der Waals surface area contributed by atoms with Gasteiger partial charge >= 0.3 is 0 Å². The highest BCUT2D eigenvalue weighted by molar-refractivity contribution is 7.99. The highest BCUT2D eigenvalue weighted by Gasteiger charge is 2.24. The lowest BCUT2D eigenvalue weighted by atomic mass is 10.2. The Kier molecular flexibility index (Phi) is 4.36. The van der Waals surface area contributed by atoms with Crippen LogP contribution in [0.5, 0.6) is 0 Å². The lowest BCUT2D eigenvalue weighted by molar-refractivity contribution is -0.00575. The molecule has 110 valence electrons. The molecule has 3 rings (SSSR count). The van der Waals surface area contributed by atoms with Crippen LogP contribution in [0.3, 0.4) is 0 Å². The van der Waals surface area contributed by atoms with Crippen LogP contribution < -0.4 is 4.90 Å². The lowest BCUT2D eigenvalue weighted by Crippen LogP contribution is -2.46. The van der Waals surface area contributed by atoms with E-state index in [1.165, 1.54) is 0 Å². The standard InChI is InChI=1S/C15H18N4OS/c1-11-9-19(10-12(2)20-11)15-17-8-6-14(18-15)21-13-5-3-4-7-16-13/h3-8,11-12H,9-10H2,1-2H3. The quantitative estimate of drug-likeness (QED) is 0.812. The topological polar surface area (TPSA) is 51.1 Å². The summed E-state index contributed by atoms with van der Waals surface area (Å²) in [5, 5.41) is 1.84. The van der Waals surface area contributed by atoms with Gasteiger partial charge in [0.25, 0.3) is 0 Å². The average molecular weight is 302 g/mol. The monoisotopic (exact) mass is 302 g/mol. The summed E-state index contributed by atoms with van der Waals surface area (Å²) in [6.45, 7) is 5.80.